The molecule has 3 heteroatoms. The Morgan fingerprint density at radius 1 is 1.11 bits per heavy atom. The molecule has 2 rings (SSSR count). The summed E-state index contributed by atoms with van der Waals surface area (Å²) in [4.78, 5) is 5.02. The van der Waals surface area contributed by atoms with Gasteiger partial charge < -0.3 is 10.2 Å². The number of piperazine rings is 1. The molecular formula is C16H27N3. The standard InChI is InChI=1S/C16H27N3/c1-4-14-5-7-15(8-6-14)16(13-17-2)19-11-9-18(3)10-12-19/h5-8,16-17H,4,9-13H2,1-3H3. The van der Waals surface area contributed by atoms with E-state index in [2.05, 4.69) is 53.4 Å². The molecule has 0 spiro atoms. The monoisotopic (exact) mass is 261 g/mol. The molecule has 19 heavy (non-hydrogen) atoms. The average molecular weight is 261 g/mol. The first kappa shape index (κ1) is 14.5. The molecule has 1 heterocycles. The van der Waals surface area contributed by atoms with Crippen molar-refractivity contribution in [2.75, 3.05) is 46.8 Å². The Balaban J connectivity index is 2.09. The number of benzene rings is 1. The van der Waals surface area contributed by atoms with E-state index in [9.17, 15) is 0 Å². The van der Waals surface area contributed by atoms with Crippen molar-refractivity contribution in [1.29, 1.82) is 0 Å². The van der Waals surface area contributed by atoms with Gasteiger partial charge in [-0.05, 0) is 31.6 Å². The molecule has 1 aromatic carbocycles. The lowest BCUT2D eigenvalue weighted by Crippen LogP contribution is -2.47. The fourth-order valence-electron chi connectivity index (χ4n) is 2.76. The maximum atomic E-state index is 3.35. The summed E-state index contributed by atoms with van der Waals surface area (Å²) in [5, 5.41) is 3.35. The van der Waals surface area contributed by atoms with Gasteiger partial charge in [0.2, 0.25) is 0 Å². The highest BCUT2D eigenvalue weighted by molar-refractivity contribution is 5.25. The number of aryl methyl sites for hydroxylation is 1. The van der Waals surface area contributed by atoms with Crippen LogP contribution in [0.2, 0.25) is 0 Å². The van der Waals surface area contributed by atoms with Crippen LogP contribution >= 0.6 is 0 Å². The Labute approximate surface area is 117 Å². The predicted octanol–water partition coefficient (Wildman–Crippen LogP) is 1.76. The van der Waals surface area contributed by atoms with E-state index < -0.39 is 0 Å². The van der Waals surface area contributed by atoms with E-state index >= 15 is 0 Å². The van der Waals surface area contributed by atoms with Crippen LogP contribution in [-0.4, -0.2) is 56.6 Å². The molecule has 106 valence electrons. The second kappa shape index (κ2) is 7.04. The number of hydrogen-bond acceptors (Lipinski definition) is 3. The molecule has 1 unspecified atom stereocenters. The van der Waals surface area contributed by atoms with Gasteiger partial charge in [0.15, 0.2) is 0 Å². The van der Waals surface area contributed by atoms with Crippen molar-refractivity contribution < 1.29 is 0 Å². The Morgan fingerprint density at radius 3 is 2.26 bits per heavy atom. The molecule has 1 saturated heterocycles. The van der Waals surface area contributed by atoms with E-state index in [1.54, 1.807) is 0 Å². The second-order valence-electron chi connectivity index (χ2n) is 5.51. The molecule has 0 radical (unpaired) electrons. The molecule has 1 aromatic rings. The molecular weight excluding hydrogens is 234 g/mol. The molecule has 0 aromatic heterocycles. The lowest BCUT2D eigenvalue weighted by atomic mass is 10.0. The van der Waals surface area contributed by atoms with Crippen molar-refractivity contribution in [2.24, 2.45) is 0 Å². The lowest BCUT2D eigenvalue weighted by molar-refractivity contribution is 0.111. The Kier molecular flexibility index (Phi) is 5.37. The van der Waals surface area contributed by atoms with E-state index in [0.717, 1.165) is 13.0 Å². The van der Waals surface area contributed by atoms with Gasteiger partial charge in [-0.3, -0.25) is 4.90 Å². The van der Waals surface area contributed by atoms with E-state index in [-0.39, 0.29) is 0 Å². The van der Waals surface area contributed by atoms with Gasteiger partial charge in [0.1, 0.15) is 0 Å². The van der Waals surface area contributed by atoms with Crippen molar-refractivity contribution in [1.82, 2.24) is 15.1 Å². The van der Waals surface area contributed by atoms with Crippen LogP contribution in [0.25, 0.3) is 0 Å². The molecule has 1 aliphatic heterocycles. The quantitative estimate of drug-likeness (QED) is 0.871. The lowest BCUT2D eigenvalue weighted by Gasteiger charge is -2.38. The van der Waals surface area contributed by atoms with E-state index in [4.69, 9.17) is 0 Å². The highest BCUT2D eigenvalue weighted by Gasteiger charge is 2.23. The molecule has 1 atom stereocenters. The third-order valence-corrected chi connectivity index (χ3v) is 4.15. The van der Waals surface area contributed by atoms with Crippen molar-refractivity contribution in [2.45, 2.75) is 19.4 Å². The predicted molar refractivity (Wildman–Crippen MR) is 81.6 cm³/mol. The summed E-state index contributed by atoms with van der Waals surface area (Å²) in [5.41, 5.74) is 2.86. The zero-order valence-corrected chi connectivity index (χ0v) is 12.5. The molecule has 0 amide bonds. The van der Waals surface area contributed by atoms with Crippen LogP contribution in [0, 0.1) is 0 Å². The topological polar surface area (TPSA) is 18.5 Å². The fraction of sp³-hybridized carbons (Fsp3) is 0.625. The largest absolute Gasteiger partial charge is 0.318 e. The summed E-state index contributed by atoms with van der Waals surface area (Å²) in [6.45, 7) is 7.91. The van der Waals surface area contributed by atoms with Crippen LogP contribution in [0.5, 0.6) is 0 Å². The summed E-state index contributed by atoms with van der Waals surface area (Å²) >= 11 is 0. The summed E-state index contributed by atoms with van der Waals surface area (Å²) in [6.07, 6.45) is 1.12. The normalized spacial score (nSPS) is 19.5. The molecule has 1 fully saturated rings. The van der Waals surface area contributed by atoms with Crippen LogP contribution in [0.4, 0.5) is 0 Å². The van der Waals surface area contributed by atoms with Crippen LogP contribution in [0.3, 0.4) is 0 Å². The summed E-state index contributed by atoms with van der Waals surface area (Å²) < 4.78 is 0. The first-order valence-electron chi connectivity index (χ1n) is 7.40. The minimum absolute atomic E-state index is 0.504. The fourth-order valence-corrected chi connectivity index (χ4v) is 2.76. The number of nitrogens with one attached hydrogen (secondary N) is 1. The number of likely N-dealkylation sites (N-methyl/N-ethyl adjacent to an activating group) is 2. The Bertz CT molecular complexity index is 366. The summed E-state index contributed by atoms with van der Waals surface area (Å²) in [7, 11) is 4.25. The van der Waals surface area contributed by atoms with E-state index in [0.29, 0.717) is 6.04 Å². The zero-order chi connectivity index (χ0) is 13.7. The van der Waals surface area contributed by atoms with Crippen LogP contribution in [0.15, 0.2) is 24.3 Å². The molecule has 0 bridgehead atoms. The third kappa shape index (κ3) is 3.78. The highest BCUT2D eigenvalue weighted by Crippen LogP contribution is 2.22. The van der Waals surface area contributed by atoms with Gasteiger partial charge in [0, 0.05) is 38.8 Å². The van der Waals surface area contributed by atoms with Crippen LogP contribution in [-0.2, 0) is 6.42 Å². The van der Waals surface area contributed by atoms with Crippen molar-refractivity contribution in [3.63, 3.8) is 0 Å². The summed E-state index contributed by atoms with van der Waals surface area (Å²) in [5.74, 6) is 0. The van der Waals surface area contributed by atoms with Crippen molar-refractivity contribution in [3.05, 3.63) is 35.4 Å². The van der Waals surface area contributed by atoms with E-state index in [1.807, 2.05) is 7.05 Å². The Morgan fingerprint density at radius 2 is 1.74 bits per heavy atom. The van der Waals surface area contributed by atoms with Crippen molar-refractivity contribution >= 4 is 0 Å². The van der Waals surface area contributed by atoms with Crippen LogP contribution < -0.4 is 5.32 Å². The molecule has 0 saturated carbocycles. The van der Waals surface area contributed by atoms with Gasteiger partial charge in [-0.1, -0.05) is 31.2 Å². The van der Waals surface area contributed by atoms with Crippen LogP contribution in [0.1, 0.15) is 24.1 Å². The second-order valence-corrected chi connectivity index (χ2v) is 5.51. The third-order valence-electron chi connectivity index (χ3n) is 4.15. The van der Waals surface area contributed by atoms with Gasteiger partial charge >= 0.3 is 0 Å². The van der Waals surface area contributed by atoms with Gasteiger partial charge in [-0.25, -0.2) is 0 Å². The SMILES string of the molecule is CCc1ccc(C(CNC)N2CCN(C)CC2)cc1. The maximum Gasteiger partial charge on any atom is 0.0473 e. The number of nitrogens with zero attached hydrogens (tertiary/aromatic N) is 2. The zero-order valence-electron chi connectivity index (χ0n) is 12.5. The van der Waals surface area contributed by atoms with Gasteiger partial charge in [0.25, 0.3) is 0 Å². The molecule has 1 aliphatic rings. The van der Waals surface area contributed by atoms with Gasteiger partial charge in [-0.2, -0.15) is 0 Å². The minimum Gasteiger partial charge on any atom is -0.318 e. The van der Waals surface area contributed by atoms with Crippen molar-refractivity contribution in [3.8, 4) is 0 Å². The molecule has 1 N–H and O–H groups in total. The highest BCUT2D eigenvalue weighted by atomic mass is 15.3. The number of hydrogen-bond donors (Lipinski definition) is 1. The Hall–Kier alpha value is -0.900. The minimum atomic E-state index is 0.504. The number of rotatable bonds is 5. The average Bonchev–Trinajstić information content (AvgIpc) is 2.46. The smallest absolute Gasteiger partial charge is 0.0473 e. The first-order valence-corrected chi connectivity index (χ1v) is 7.40. The first-order chi connectivity index (χ1) is 9.24. The van der Waals surface area contributed by atoms with Gasteiger partial charge in [0.05, 0.1) is 0 Å². The molecule has 3 nitrogen and oxygen atoms in total. The summed E-state index contributed by atoms with van der Waals surface area (Å²) in [6, 6.07) is 9.66. The van der Waals surface area contributed by atoms with E-state index in [1.165, 1.54) is 37.3 Å². The maximum absolute atomic E-state index is 3.35. The van der Waals surface area contributed by atoms with Gasteiger partial charge in [-0.15, -0.1) is 0 Å². The molecule has 0 aliphatic carbocycles.